The van der Waals surface area contributed by atoms with Crippen LogP contribution in [-0.4, -0.2) is 66.3 Å². The second-order valence-electron chi connectivity index (χ2n) is 8.32. The van der Waals surface area contributed by atoms with Crippen molar-refractivity contribution in [2.45, 2.75) is 36.1 Å². The van der Waals surface area contributed by atoms with Gasteiger partial charge in [0.05, 0.1) is 18.7 Å². The molecule has 1 fully saturated rings. The lowest BCUT2D eigenvalue weighted by Gasteiger charge is -2.45. The van der Waals surface area contributed by atoms with E-state index in [9.17, 15) is 25.5 Å². The van der Waals surface area contributed by atoms with Gasteiger partial charge in [-0.1, -0.05) is 47.9 Å². The predicted octanol–water partition coefficient (Wildman–Crippen LogP) is 1.12. The Bertz CT molecular complexity index is 1200. The number of hydrogen-bond acceptors (Lipinski definition) is 7. The normalized spacial score (nSPS) is 27.8. The lowest BCUT2D eigenvalue weighted by atomic mass is 9.85. The number of rotatable bonds is 5. The number of halogens is 1. The SMILES string of the molecule is C#CC(c1ccc(-c2cnn(C)c2)cc1)c1cc([C@@]2(O)O[C@H](CO)[C@@H](O)[C@H](O)[C@H]2O)ccc1Cl. The molecular formula is C25H25ClN2O6. The molecule has 9 heteroatoms. The van der Waals surface area contributed by atoms with Gasteiger partial charge in [0.2, 0.25) is 5.79 Å². The molecule has 1 aliphatic heterocycles. The Labute approximate surface area is 201 Å². The van der Waals surface area contributed by atoms with E-state index in [1.807, 2.05) is 37.5 Å². The number of terminal acetylenes is 1. The van der Waals surface area contributed by atoms with Gasteiger partial charge in [-0.15, -0.1) is 6.42 Å². The van der Waals surface area contributed by atoms with Crippen LogP contribution >= 0.6 is 11.6 Å². The highest BCUT2D eigenvalue weighted by Crippen LogP contribution is 2.40. The Balaban J connectivity index is 1.70. The summed E-state index contributed by atoms with van der Waals surface area (Å²) in [5.41, 5.74) is 3.23. The van der Waals surface area contributed by atoms with Gasteiger partial charge in [-0.25, -0.2) is 0 Å². The summed E-state index contributed by atoms with van der Waals surface area (Å²) in [6.07, 6.45) is 2.98. The summed E-state index contributed by atoms with van der Waals surface area (Å²) >= 11 is 6.46. The van der Waals surface area contributed by atoms with Gasteiger partial charge in [0, 0.05) is 29.4 Å². The molecule has 0 radical (unpaired) electrons. The summed E-state index contributed by atoms with van der Waals surface area (Å²) in [4.78, 5) is 0. The van der Waals surface area contributed by atoms with E-state index in [4.69, 9.17) is 22.8 Å². The Kier molecular flexibility index (Phi) is 6.80. The number of ether oxygens (including phenoxy) is 1. The molecule has 5 N–H and O–H groups in total. The average Bonchev–Trinajstić information content (AvgIpc) is 3.28. The minimum Gasteiger partial charge on any atom is -0.394 e. The first-order chi connectivity index (χ1) is 16.2. The average molecular weight is 485 g/mol. The quantitative estimate of drug-likeness (QED) is 0.343. The zero-order chi connectivity index (χ0) is 24.6. The molecule has 4 rings (SSSR count). The van der Waals surface area contributed by atoms with Crippen molar-refractivity contribution < 1.29 is 30.3 Å². The van der Waals surface area contributed by atoms with Gasteiger partial charge >= 0.3 is 0 Å². The lowest BCUT2D eigenvalue weighted by molar-refractivity contribution is -0.357. The monoisotopic (exact) mass is 484 g/mol. The van der Waals surface area contributed by atoms with E-state index in [1.165, 1.54) is 18.2 Å². The second kappa shape index (κ2) is 9.49. The fourth-order valence-corrected chi connectivity index (χ4v) is 4.41. The molecule has 1 unspecified atom stereocenters. The van der Waals surface area contributed by atoms with Crippen molar-refractivity contribution in [2.75, 3.05) is 6.61 Å². The minimum atomic E-state index is -2.41. The molecule has 8 nitrogen and oxygen atoms in total. The van der Waals surface area contributed by atoms with Gasteiger partial charge in [-0.3, -0.25) is 4.68 Å². The molecular weight excluding hydrogens is 460 g/mol. The molecule has 1 aromatic heterocycles. The molecule has 178 valence electrons. The summed E-state index contributed by atoms with van der Waals surface area (Å²) in [7, 11) is 1.84. The molecule has 0 saturated carbocycles. The van der Waals surface area contributed by atoms with Crippen LogP contribution in [0.2, 0.25) is 5.02 Å². The van der Waals surface area contributed by atoms with Gasteiger partial charge in [-0.2, -0.15) is 5.10 Å². The standard InChI is InChI=1S/C25H25ClN2O6/c1-3-18(15-6-4-14(5-7-15)16-11-27-28(2)12-16)19-10-17(8-9-20(19)26)25(33)24(32)23(31)22(30)21(13-29)34-25/h1,4-12,18,21-24,29-33H,13H2,2H3/t18?,21-,22-,23+,24-,25-/m1/s1. The number of aromatic nitrogens is 2. The third kappa shape index (κ3) is 4.24. The first-order valence-electron chi connectivity index (χ1n) is 10.6. The molecule has 6 atom stereocenters. The summed E-state index contributed by atoms with van der Waals surface area (Å²) in [5, 5.41) is 55.9. The Hall–Kier alpha value is -2.74. The fraction of sp³-hybridized carbons (Fsp3) is 0.320. The van der Waals surface area contributed by atoms with Crippen molar-refractivity contribution in [3.63, 3.8) is 0 Å². The largest absolute Gasteiger partial charge is 0.394 e. The fourth-order valence-electron chi connectivity index (χ4n) is 4.18. The van der Waals surface area contributed by atoms with E-state index in [0.717, 1.165) is 16.7 Å². The number of hydrogen-bond donors (Lipinski definition) is 5. The van der Waals surface area contributed by atoms with E-state index in [1.54, 1.807) is 10.9 Å². The molecule has 1 aliphatic rings. The van der Waals surface area contributed by atoms with Crippen LogP contribution in [0.5, 0.6) is 0 Å². The first-order valence-corrected chi connectivity index (χ1v) is 11.0. The zero-order valence-electron chi connectivity index (χ0n) is 18.3. The van der Waals surface area contributed by atoms with Crippen molar-refractivity contribution in [1.29, 1.82) is 0 Å². The molecule has 0 amide bonds. The van der Waals surface area contributed by atoms with Crippen LogP contribution in [0.25, 0.3) is 11.1 Å². The maximum atomic E-state index is 11.1. The third-order valence-electron chi connectivity index (χ3n) is 6.14. The highest BCUT2D eigenvalue weighted by atomic mass is 35.5. The van der Waals surface area contributed by atoms with Crippen LogP contribution in [0.1, 0.15) is 22.6 Å². The van der Waals surface area contributed by atoms with Crippen molar-refractivity contribution in [1.82, 2.24) is 9.78 Å². The number of aliphatic hydroxyl groups excluding tert-OH is 4. The Morgan fingerprint density at radius 1 is 1.15 bits per heavy atom. The van der Waals surface area contributed by atoms with Crippen LogP contribution in [0, 0.1) is 12.3 Å². The summed E-state index contributed by atoms with van der Waals surface area (Å²) < 4.78 is 7.14. The van der Waals surface area contributed by atoms with Gasteiger partial charge in [-0.05, 0) is 28.8 Å². The summed E-state index contributed by atoms with van der Waals surface area (Å²) in [6.45, 7) is -0.677. The van der Waals surface area contributed by atoms with Crippen LogP contribution < -0.4 is 0 Å². The van der Waals surface area contributed by atoms with E-state index >= 15 is 0 Å². The minimum absolute atomic E-state index is 0.0658. The van der Waals surface area contributed by atoms with Gasteiger partial charge in [0.25, 0.3) is 0 Å². The van der Waals surface area contributed by atoms with Gasteiger partial charge in [0.15, 0.2) is 0 Å². The zero-order valence-corrected chi connectivity index (χ0v) is 19.0. The summed E-state index contributed by atoms with van der Waals surface area (Å²) in [6, 6.07) is 12.0. The van der Waals surface area contributed by atoms with Crippen LogP contribution in [0.3, 0.4) is 0 Å². The Morgan fingerprint density at radius 3 is 2.44 bits per heavy atom. The first kappa shape index (κ1) is 24.4. The van der Waals surface area contributed by atoms with Crippen LogP contribution in [0.4, 0.5) is 0 Å². The Morgan fingerprint density at radius 2 is 1.85 bits per heavy atom. The molecule has 0 bridgehead atoms. The highest BCUT2D eigenvalue weighted by molar-refractivity contribution is 6.31. The maximum absolute atomic E-state index is 11.1. The van der Waals surface area contributed by atoms with Crippen molar-refractivity contribution in [3.8, 4) is 23.5 Å². The van der Waals surface area contributed by atoms with Gasteiger partial charge in [0.1, 0.15) is 24.4 Å². The predicted molar refractivity (Wildman–Crippen MR) is 125 cm³/mol. The van der Waals surface area contributed by atoms with Crippen molar-refractivity contribution in [3.05, 3.63) is 76.6 Å². The molecule has 2 heterocycles. The van der Waals surface area contributed by atoms with E-state index in [2.05, 4.69) is 11.0 Å². The number of aliphatic hydroxyl groups is 5. The van der Waals surface area contributed by atoms with Crippen molar-refractivity contribution in [2.24, 2.45) is 7.05 Å². The maximum Gasteiger partial charge on any atom is 0.222 e. The van der Waals surface area contributed by atoms with Crippen LogP contribution in [-0.2, 0) is 17.6 Å². The smallest absolute Gasteiger partial charge is 0.222 e. The molecule has 2 aromatic carbocycles. The molecule has 34 heavy (non-hydrogen) atoms. The third-order valence-corrected chi connectivity index (χ3v) is 6.48. The van der Waals surface area contributed by atoms with E-state index < -0.39 is 42.7 Å². The lowest BCUT2D eigenvalue weighted by Crippen LogP contribution is -2.63. The molecule has 0 aliphatic carbocycles. The molecule has 1 saturated heterocycles. The van der Waals surface area contributed by atoms with E-state index in [0.29, 0.717) is 10.6 Å². The molecule has 0 spiro atoms. The number of aryl methyl sites for hydroxylation is 1. The number of benzene rings is 2. The van der Waals surface area contributed by atoms with Gasteiger partial charge < -0.3 is 30.3 Å². The second-order valence-corrected chi connectivity index (χ2v) is 8.73. The molecule has 3 aromatic rings. The van der Waals surface area contributed by atoms with Crippen LogP contribution in [0.15, 0.2) is 54.9 Å². The highest BCUT2D eigenvalue weighted by Gasteiger charge is 2.53. The topological polar surface area (TPSA) is 128 Å². The summed E-state index contributed by atoms with van der Waals surface area (Å²) in [5.74, 6) is -0.288. The van der Waals surface area contributed by atoms with Crippen molar-refractivity contribution >= 4 is 11.6 Å². The van der Waals surface area contributed by atoms with E-state index in [-0.39, 0.29) is 5.56 Å². The number of nitrogens with zero attached hydrogens (tertiary/aromatic N) is 2.